The van der Waals surface area contributed by atoms with Gasteiger partial charge in [-0.3, -0.25) is 4.79 Å². The zero-order valence-corrected chi connectivity index (χ0v) is 10.00. The molecule has 0 aromatic carbocycles. The molecule has 1 heterocycles. The molecule has 0 aromatic rings. The Bertz CT molecular complexity index is 233. The van der Waals surface area contributed by atoms with Gasteiger partial charge < -0.3 is 15.4 Å². The maximum Gasteiger partial charge on any atom is 0.411 e. The van der Waals surface area contributed by atoms with Gasteiger partial charge in [-0.2, -0.15) is 13.2 Å². The van der Waals surface area contributed by atoms with E-state index in [0.29, 0.717) is 0 Å². The zero-order valence-electron chi connectivity index (χ0n) is 9.18. The van der Waals surface area contributed by atoms with Crippen LogP contribution in [0.5, 0.6) is 0 Å². The maximum absolute atomic E-state index is 11.7. The van der Waals surface area contributed by atoms with Crippen molar-refractivity contribution in [2.24, 2.45) is 0 Å². The van der Waals surface area contributed by atoms with Crippen LogP contribution in [0.2, 0.25) is 0 Å². The number of halogens is 4. The van der Waals surface area contributed by atoms with Crippen LogP contribution in [0.3, 0.4) is 0 Å². The number of hydrogen-bond acceptors (Lipinski definition) is 3. The average molecular weight is 277 g/mol. The Balaban J connectivity index is 0.00000256. The van der Waals surface area contributed by atoms with E-state index in [9.17, 15) is 18.0 Å². The van der Waals surface area contributed by atoms with E-state index in [1.165, 1.54) is 0 Å². The molecule has 0 aromatic heterocycles. The number of nitrogens with one attached hydrogen (secondary N) is 2. The van der Waals surface area contributed by atoms with E-state index in [1.807, 2.05) is 0 Å². The predicted octanol–water partition coefficient (Wildman–Crippen LogP) is 0.855. The Kier molecular flexibility index (Phi) is 7.49. The number of alkyl halides is 3. The quantitative estimate of drug-likeness (QED) is 0.801. The second-order valence-corrected chi connectivity index (χ2v) is 3.70. The summed E-state index contributed by atoms with van der Waals surface area (Å²) in [5.41, 5.74) is 0. The van der Waals surface area contributed by atoms with Crippen LogP contribution < -0.4 is 10.6 Å². The summed E-state index contributed by atoms with van der Waals surface area (Å²) in [6, 6.07) is 0.0447. The molecular weight excluding hydrogens is 261 g/mol. The van der Waals surface area contributed by atoms with Gasteiger partial charge in [0.1, 0.15) is 13.2 Å². The number of rotatable bonds is 4. The van der Waals surface area contributed by atoms with Crippen molar-refractivity contribution in [2.75, 3.05) is 26.3 Å². The molecule has 17 heavy (non-hydrogen) atoms. The van der Waals surface area contributed by atoms with Crippen molar-refractivity contribution in [1.82, 2.24) is 10.6 Å². The monoisotopic (exact) mass is 276 g/mol. The van der Waals surface area contributed by atoms with Crippen molar-refractivity contribution in [3.63, 3.8) is 0 Å². The minimum Gasteiger partial charge on any atom is -0.362 e. The zero-order chi connectivity index (χ0) is 12.0. The summed E-state index contributed by atoms with van der Waals surface area (Å²) < 4.78 is 39.3. The predicted molar refractivity (Wildman–Crippen MR) is 58.2 cm³/mol. The highest BCUT2D eigenvalue weighted by Crippen LogP contribution is 2.14. The summed E-state index contributed by atoms with van der Waals surface area (Å²) in [7, 11) is 0. The van der Waals surface area contributed by atoms with Crippen LogP contribution in [0.1, 0.15) is 12.8 Å². The van der Waals surface area contributed by atoms with Gasteiger partial charge in [0.15, 0.2) is 0 Å². The lowest BCUT2D eigenvalue weighted by Crippen LogP contribution is -2.44. The van der Waals surface area contributed by atoms with Crippen LogP contribution in [0.4, 0.5) is 13.2 Å². The van der Waals surface area contributed by atoms with Crippen LogP contribution in [0.25, 0.3) is 0 Å². The number of carbonyl (C=O) groups is 1. The summed E-state index contributed by atoms with van der Waals surface area (Å²) in [5, 5.41) is 5.75. The van der Waals surface area contributed by atoms with E-state index in [2.05, 4.69) is 15.4 Å². The lowest BCUT2D eigenvalue weighted by molar-refractivity contribution is -0.175. The van der Waals surface area contributed by atoms with Gasteiger partial charge in [-0.05, 0) is 25.9 Å². The van der Waals surface area contributed by atoms with Crippen molar-refractivity contribution in [2.45, 2.75) is 25.1 Å². The lowest BCUT2D eigenvalue weighted by Gasteiger charge is -2.23. The minimum absolute atomic E-state index is 0. The molecule has 1 aliphatic rings. The molecule has 1 rings (SSSR count). The van der Waals surface area contributed by atoms with Crippen LogP contribution >= 0.6 is 12.4 Å². The van der Waals surface area contributed by atoms with Crippen molar-refractivity contribution in [3.05, 3.63) is 0 Å². The van der Waals surface area contributed by atoms with E-state index < -0.39 is 25.3 Å². The molecule has 102 valence electrons. The van der Waals surface area contributed by atoms with Crippen molar-refractivity contribution in [3.8, 4) is 0 Å². The first-order valence-electron chi connectivity index (χ1n) is 5.12. The van der Waals surface area contributed by atoms with Gasteiger partial charge >= 0.3 is 6.18 Å². The summed E-state index contributed by atoms with van der Waals surface area (Å²) in [6.07, 6.45) is -2.79. The fourth-order valence-corrected chi connectivity index (χ4v) is 1.50. The van der Waals surface area contributed by atoms with E-state index in [1.54, 1.807) is 0 Å². The molecule has 0 atom stereocenters. The van der Waals surface area contributed by atoms with Crippen LogP contribution in [0, 0.1) is 0 Å². The largest absolute Gasteiger partial charge is 0.411 e. The van der Waals surface area contributed by atoms with E-state index >= 15 is 0 Å². The maximum atomic E-state index is 11.7. The molecular formula is C9H16ClF3N2O2. The number of carbonyl (C=O) groups excluding carboxylic acids is 1. The Morgan fingerprint density at radius 2 is 1.94 bits per heavy atom. The second kappa shape index (κ2) is 7.73. The average Bonchev–Trinajstić information content (AvgIpc) is 2.17. The third-order valence-corrected chi connectivity index (χ3v) is 2.20. The van der Waals surface area contributed by atoms with Crippen molar-refractivity contribution in [1.29, 1.82) is 0 Å². The molecule has 1 fully saturated rings. The number of amides is 1. The summed E-state index contributed by atoms with van der Waals surface area (Å²) in [5.74, 6) is -0.490. The van der Waals surface area contributed by atoms with Gasteiger partial charge in [-0.15, -0.1) is 12.4 Å². The SMILES string of the molecule is Cl.O=C(COCC(F)(F)F)NC1CCNCC1. The van der Waals surface area contributed by atoms with Crippen LogP contribution in [-0.4, -0.2) is 44.4 Å². The summed E-state index contributed by atoms with van der Waals surface area (Å²) >= 11 is 0. The molecule has 2 N–H and O–H groups in total. The van der Waals surface area contributed by atoms with Gasteiger partial charge in [-0.1, -0.05) is 0 Å². The standard InChI is InChI=1S/C9H15F3N2O2.ClH/c10-9(11,12)6-16-5-8(15)14-7-1-3-13-4-2-7;/h7,13H,1-6H2,(H,14,15);1H. The molecule has 0 spiro atoms. The number of hydrogen-bond donors (Lipinski definition) is 2. The molecule has 1 saturated heterocycles. The Hall–Kier alpha value is -0.530. The van der Waals surface area contributed by atoms with Crippen LogP contribution in [-0.2, 0) is 9.53 Å². The lowest BCUT2D eigenvalue weighted by atomic mass is 10.1. The third-order valence-electron chi connectivity index (χ3n) is 2.20. The highest BCUT2D eigenvalue weighted by molar-refractivity contribution is 5.85. The molecule has 0 unspecified atom stereocenters. The van der Waals surface area contributed by atoms with Gasteiger partial charge in [0.25, 0.3) is 0 Å². The first kappa shape index (κ1) is 16.5. The Morgan fingerprint density at radius 3 is 2.47 bits per heavy atom. The fourth-order valence-electron chi connectivity index (χ4n) is 1.50. The molecule has 4 nitrogen and oxygen atoms in total. The number of ether oxygens (including phenoxy) is 1. The first-order valence-corrected chi connectivity index (χ1v) is 5.12. The minimum atomic E-state index is -4.38. The van der Waals surface area contributed by atoms with Crippen LogP contribution in [0.15, 0.2) is 0 Å². The summed E-state index contributed by atoms with van der Waals surface area (Å²) in [4.78, 5) is 11.2. The smallest absolute Gasteiger partial charge is 0.362 e. The normalized spacial score (nSPS) is 17.4. The van der Waals surface area contributed by atoms with E-state index in [-0.39, 0.29) is 18.4 Å². The molecule has 0 aliphatic carbocycles. The fraction of sp³-hybridized carbons (Fsp3) is 0.889. The van der Waals surface area contributed by atoms with Gasteiger partial charge in [0, 0.05) is 6.04 Å². The van der Waals surface area contributed by atoms with Crippen molar-refractivity contribution >= 4 is 18.3 Å². The molecule has 1 amide bonds. The number of piperidine rings is 1. The van der Waals surface area contributed by atoms with Gasteiger partial charge in [0.05, 0.1) is 0 Å². The Morgan fingerprint density at radius 1 is 1.35 bits per heavy atom. The Labute approximate surface area is 104 Å². The molecule has 0 radical (unpaired) electrons. The molecule has 8 heteroatoms. The van der Waals surface area contributed by atoms with E-state index in [0.717, 1.165) is 25.9 Å². The second-order valence-electron chi connectivity index (χ2n) is 3.70. The van der Waals surface area contributed by atoms with E-state index in [4.69, 9.17) is 0 Å². The first-order chi connectivity index (χ1) is 7.47. The van der Waals surface area contributed by atoms with Crippen molar-refractivity contribution < 1.29 is 22.7 Å². The van der Waals surface area contributed by atoms with Gasteiger partial charge in [0.2, 0.25) is 5.91 Å². The summed E-state index contributed by atoms with van der Waals surface area (Å²) in [6.45, 7) is -0.293. The molecule has 0 bridgehead atoms. The molecule has 1 aliphatic heterocycles. The highest BCUT2D eigenvalue weighted by atomic mass is 35.5. The van der Waals surface area contributed by atoms with Gasteiger partial charge in [-0.25, -0.2) is 0 Å². The highest BCUT2D eigenvalue weighted by Gasteiger charge is 2.28. The molecule has 0 saturated carbocycles. The third kappa shape index (κ3) is 8.23. The topological polar surface area (TPSA) is 50.4 Å².